The van der Waals surface area contributed by atoms with Crippen LogP contribution in [0.15, 0.2) is 0 Å². The number of hydrogen-bond donors (Lipinski definition) is 3. The Balaban J connectivity index is 1.57. The van der Waals surface area contributed by atoms with Crippen molar-refractivity contribution in [3.05, 3.63) is 0 Å². The molecule has 0 aromatic carbocycles. The van der Waals surface area contributed by atoms with E-state index >= 15 is 0 Å². The average molecular weight is 283 g/mol. The number of morpholine rings is 1. The molecular weight excluding hydrogens is 258 g/mol. The molecule has 0 spiro atoms. The minimum atomic E-state index is -0.287. The average Bonchev–Trinajstić information content (AvgIpc) is 2.49. The molecule has 1 aliphatic carbocycles. The van der Waals surface area contributed by atoms with Gasteiger partial charge in [0.05, 0.1) is 13.2 Å². The van der Waals surface area contributed by atoms with Gasteiger partial charge in [-0.25, -0.2) is 0 Å². The molecule has 3 N–H and O–H groups in total. The van der Waals surface area contributed by atoms with E-state index in [1.807, 2.05) is 0 Å². The number of rotatable bonds is 5. The molecule has 6 heteroatoms. The highest BCUT2D eigenvalue weighted by Gasteiger charge is 2.21. The molecule has 20 heavy (non-hydrogen) atoms. The van der Waals surface area contributed by atoms with Crippen LogP contribution in [-0.2, 0) is 14.3 Å². The summed E-state index contributed by atoms with van der Waals surface area (Å²) in [5, 5.41) is 8.90. The standard InChI is InChI=1S/C14H25N3O3/c18-13(17-11-4-2-1-3-5-11)6-7-16-14(19)12-10-20-9-8-15-12/h11-12,15H,1-10H2,(H,16,19)(H,17,18). The predicted molar refractivity (Wildman–Crippen MR) is 75.3 cm³/mol. The topological polar surface area (TPSA) is 79.5 Å². The number of nitrogens with one attached hydrogen (secondary N) is 3. The smallest absolute Gasteiger partial charge is 0.239 e. The summed E-state index contributed by atoms with van der Waals surface area (Å²) >= 11 is 0. The molecule has 1 aliphatic heterocycles. The van der Waals surface area contributed by atoms with Crippen molar-refractivity contribution in [3.8, 4) is 0 Å². The Morgan fingerprint density at radius 2 is 2.00 bits per heavy atom. The molecule has 2 rings (SSSR count). The van der Waals surface area contributed by atoms with Gasteiger partial charge in [0, 0.05) is 25.6 Å². The van der Waals surface area contributed by atoms with Crippen molar-refractivity contribution in [1.29, 1.82) is 0 Å². The summed E-state index contributed by atoms with van der Waals surface area (Å²) < 4.78 is 5.23. The van der Waals surface area contributed by atoms with Crippen LogP contribution in [0.25, 0.3) is 0 Å². The van der Waals surface area contributed by atoms with Gasteiger partial charge in [-0.3, -0.25) is 9.59 Å². The molecule has 2 amide bonds. The fourth-order valence-electron chi connectivity index (χ4n) is 2.70. The quantitative estimate of drug-likeness (QED) is 0.660. The summed E-state index contributed by atoms with van der Waals surface area (Å²) in [4.78, 5) is 23.6. The zero-order valence-corrected chi connectivity index (χ0v) is 12.0. The van der Waals surface area contributed by atoms with Crippen LogP contribution in [0.4, 0.5) is 0 Å². The molecule has 1 unspecified atom stereocenters. The van der Waals surface area contributed by atoms with Gasteiger partial charge >= 0.3 is 0 Å². The van der Waals surface area contributed by atoms with Crippen molar-refractivity contribution < 1.29 is 14.3 Å². The van der Waals surface area contributed by atoms with Gasteiger partial charge in [-0.2, -0.15) is 0 Å². The van der Waals surface area contributed by atoms with E-state index in [1.54, 1.807) is 0 Å². The Morgan fingerprint density at radius 3 is 2.70 bits per heavy atom. The van der Waals surface area contributed by atoms with Crippen LogP contribution in [-0.4, -0.2) is 50.2 Å². The van der Waals surface area contributed by atoms with E-state index in [-0.39, 0.29) is 17.9 Å². The third-order valence-corrected chi connectivity index (χ3v) is 3.86. The summed E-state index contributed by atoms with van der Waals surface area (Å²) in [7, 11) is 0. The van der Waals surface area contributed by atoms with E-state index in [1.165, 1.54) is 19.3 Å². The van der Waals surface area contributed by atoms with E-state index in [0.29, 0.717) is 38.8 Å². The van der Waals surface area contributed by atoms with Crippen molar-refractivity contribution in [1.82, 2.24) is 16.0 Å². The Morgan fingerprint density at radius 1 is 1.20 bits per heavy atom. The lowest BCUT2D eigenvalue weighted by Crippen LogP contribution is -2.51. The SMILES string of the molecule is O=C(CCNC(=O)C1COCCN1)NC1CCCCC1. The maximum absolute atomic E-state index is 11.8. The lowest BCUT2D eigenvalue weighted by Gasteiger charge is -2.24. The minimum absolute atomic E-state index is 0.0325. The third-order valence-electron chi connectivity index (χ3n) is 3.86. The van der Waals surface area contributed by atoms with Crippen molar-refractivity contribution >= 4 is 11.8 Å². The fourth-order valence-corrected chi connectivity index (χ4v) is 2.70. The number of ether oxygens (including phenoxy) is 1. The molecule has 6 nitrogen and oxygen atoms in total. The summed E-state index contributed by atoms with van der Waals surface area (Å²) in [5.41, 5.74) is 0. The maximum Gasteiger partial charge on any atom is 0.239 e. The molecule has 1 heterocycles. The van der Waals surface area contributed by atoms with Gasteiger partial charge in [-0.05, 0) is 12.8 Å². The normalized spacial score (nSPS) is 24.1. The van der Waals surface area contributed by atoms with Gasteiger partial charge in [0.25, 0.3) is 0 Å². The molecule has 1 saturated carbocycles. The first-order chi connectivity index (χ1) is 9.75. The van der Waals surface area contributed by atoms with Crippen molar-refractivity contribution in [2.75, 3.05) is 26.3 Å². The molecule has 0 aromatic rings. The van der Waals surface area contributed by atoms with Crippen LogP contribution in [0.3, 0.4) is 0 Å². The van der Waals surface area contributed by atoms with Crippen LogP contribution in [0, 0.1) is 0 Å². The van der Waals surface area contributed by atoms with Gasteiger partial charge in [0.2, 0.25) is 11.8 Å². The molecule has 1 atom stereocenters. The number of carbonyl (C=O) groups is 2. The van der Waals surface area contributed by atoms with Gasteiger partial charge < -0.3 is 20.7 Å². The molecule has 1 saturated heterocycles. The van der Waals surface area contributed by atoms with Crippen molar-refractivity contribution in [2.45, 2.75) is 50.6 Å². The monoisotopic (exact) mass is 283 g/mol. The molecule has 0 aromatic heterocycles. The second kappa shape index (κ2) is 8.21. The van der Waals surface area contributed by atoms with Crippen LogP contribution < -0.4 is 16.0 Å². The number of amides is 2. The van der Waals surface area contributed by atoms with E-state index in [4.69, 9.17) is 4.74 Å². The van der Waals surface area contributed by atoms with Gasteiger partial charge in [-0.15, -0.1) is 0 Å². The lowest BCUT2D eigenvalue weighted by atomic mass is 9.95. The number of hydrogen-bond acceptors (Lipinski definition) is 4. The van der Waals surface area contributed by atoms with E-state index in [9.17, 15) is 9.59 Å². The largest absolute Gasteiger partial charge is 0.378 e. The fraction of sp³-hybridized carbons (Fsp3) is 0.857. The summed E-state index contributed by atoms with van der Waals surface area (Å²) in [6.07, 6.45) is 6.20. The van der Waals surface area contributed by atoms with E-state index < -0.39 is 0 Å². The first kappa shape index (κ1) is 15.3. The minimum Gasteiger partial charge on any atom is -0.378 e. The Hall–Kier alpha value is -1.14. The number of carbonyl (C=O) groups excluding carboxylic acids is 2. The van der Waals surface area contributed by atoms with Crippen LogP contribution >= 0.6 is 0 Å². The second-order valence-electron chi connectivity index (χ2n) is 5.53. The van der Waals surface area contributed by atoms with Crippen molar-refractivity contribution in [2.24, 2.45) is 0 Å². The zero-order chi connectivity index (χ0) is 14.2. The lowest BCUT2D eigenvalue weighted by molar-refractivity contribution is -0.126. The van der Waals surface area contributed by atoms with Gasteiger partial charge in [0.1, 0.15) is 6.04 Å². The van der Waals surface area contributed by atoms with E-state index in [2.05, 4.69) is 16.0 Å². The Bertz CT molecular complexity index is 324. The first-order valence-electron chi connectivity index (χ1n) is 7.64. The Labute approximate surface area is 120 Å². The van der Waals surface area contributed by atoms with Crippen molar-refractivity contribution in [3.63, 3.8) is 0 Å². The molecule has 0 bridgehead atoms. The molecular formula is C14H25N3O3. The summed E-state index contributed by atoms with van der Waals surface area (Å²) in [6, 6.07) is 0.0468. The predicted octanol–water partition coefficient (Wildman–Crippen LogP) is -0.0700. The van der Waals surface area contributed by atoms with Gasteiger partial charge in [-0.1, -0.05) is 19.3 Å². The molecule has 2 aliphatic rings. The summed E-state index contributed by atoms with van der Waals surface area (Å²) in [5.74, 6) is -0.0554. The third kappa shape index (κ3) is 5.09. The van der Waals surface area contributed by atoms with Crippen LogP contribution in [0.2, 0.25) is 0 Å². The molecule has 2 fully saturated rings. The Kier molecular flexibility index (Phi) is 6.26. The van der Waals surface area contributed by atoms with Crippen LogP contribution in [0.1, 0.15) is 38.5 Å². The second-order valence-corrected chi connectivity index (χ2v) is 5.53. The zero-order valence-electron chi connectivity index (χ0n) is 12.0. The molecule has 0 radical (unpaired) electrons. The first-order valence-corrected chi connectivity index (χ1v) is 7.64. The highest BCUT2D eigenvalue weighted by atomic mass is 16.5. The van der Waals surface area contributed by atoms with E-state index in [0.717, 1.165) is 12.8 Å². The van der Waals surface area contributed by atoms with Gasteiger partial charge in [0.15, 0.2) is 0 Å². The maximum atomic E-state index is 11.8. The highest BCUT2D eigenvalue weighted by molar-refractivity contribution is 5.83. The molecule has 114 valence electrons. The highest BCUT2D eigenvalue weighted by Crippen LogP contribution is 2.17. The summed E-state index contributed by atoms with van der Waals surface area (Å²) in [6.45, 7) is 2.13. The van der Waals surface area contributed by atoms with Crippen LogP contribution in [0.5, 0.6) is 0 Å².